The maximum Gasteiger partial charge on any atom is 0.414 e. The van der Waals surface area contributed by atoms with E-state index in [9.17, 15) is 14.4 Å². The molecule has 0 spiro atoms. The van der Waals surface area contributed by atoms with E-state index in [1.54, 1.807) is 12.1 Å². The minimum Gasteiger partial charge on any atom is -0.399 e. The van der Waals surface area contributed by atoms with E-state index in [-0.39, 0.29) is 11.8 Å². The molecular formula is C33H39N7O5S. The molecule has 0 unspecified atom stereocenters. The van der Waals surface area contributed by atoms with Crippen molar-refractivity contribution in [2.24, 2.45) is 5.92 Å². The van der Waals surface area contributed by atoms with Crippen molar-refractivity contribution >= 4 is 56.7 Å². The van der Waals surface area contributed by atoms with E-state index in [0.717, 1.165) is 37.4 Å². The Balaban J connectivity index is 1.18. The number of carbonyl (C=O) groups is 3. The van der Waals surface area contributed by atoms with Gasteiger partial charge in [-0.15, -0.1) is 0 Å². The third-order valence-electron chi connectivity index (χ3n) is 8.54. The van der Waals surface area contributed by atoms with E-state index in [0.29, 0.717) is 58.4 Å². The largest absolute Gasteiger partial charge is 0.414 e. The van der Waals surface area contributed by atoms with Crippen LogP contribution in [0.25, 0.3) is 10.2 Å². The Morgan fingerprint density at radius 2 is 1.74 bits per heavy atom. The fraction of sp³-hybridized carbons (Fsp3) is 0.394. The summed E-state index contributed by atoms with van der Waals surface area (Å²) in [6.07, 6.45) is 0.684. The van der Waals surface area contributed by atoms with Gasteiger partial charge in [-0.25, -0.2) is 4.79 Å². The first-order chi connectivity index (χ1) is 22.2. The number of piperazine rings is 1. The lowest BCUT2D eigenvalue weighted by Gasteiger charge is -2.34. The fourth-order valence-electron chi connectivity index (χ4n) is 5.70. The van der Waals surface area contributed by atoms with Gasteiger partial charge in [0, 0.05) is 57.1 Å². The number of fused-ring (bicyclic) bond motifs is 1. The first kappa shape index (κ1) is 31.5. The van der Waals surface area contributed by atoms with Crippen molar-refractivity contribution in [2.75, 3.05) is 62.0 Å². The van der Waals surface area contributed by atoms with Crippen LogP contribution in [0, 0.1) is 5.92 Å². The molecule has 4 aromatic rings. The lowest BCUT2D eigenvalue weighted by Crippen LogP contribution is -2.44. The third-order valence-corrected chi connectivity index (χ3v) is 9.45. The van der Waals surface area contributed by atoms with Crippen molar-refractivity contribution in [1.82, 2.24) is 20.4 Å². The molecule has 4 heterocycles. The summed E-state index contributed by atoms with van der Waals surface area (Å²) in [5.74, 6) is -0.427. The van der Waals surface area contributed by atoms with Crippen molar-refractivity contribution in [1.29, 1.82) is 0 Å². The van der Waals surface area contributed by atoms with Crippen molar-refractivity contribution < 1.29 is 23.9 Å². The summed E-state index contributed by atoms with van der Waals surface area (Å²) >= 11 is 1.21. The summed E-state index contributed by atoms with van der Waals surface area (Å²) in [5, 5.41) is 17.0. The first-order valence-corrected chi connectivity index (χ1v) is 16.3. The second-order valence-electron chi connectivity index (χ2n) is 12.2. The summed E-state index contributed by atoms with van der Waals surface area (Å²) < 4.78 is 11.0. The molecule has 0 aliphatic carbocycles. The topological polar surface area (TPSA) is 141 Å². The first-order valence-electron chi connectivity index (χ1n) is 15.5. The number of hydrogen-bond acceptors (Lipinski definition) is 9. The van der Waals surface area contributed by atoms with Crippen LogP contribution >= 0.6 is 11.3 Å². The molecule has 12 nitrogen and oxygen atoms in total. The number of anilines is 3. The number of aromatic amines is 1. The molecule has 0 bridgehead atoms. The molecular weight excluding hydrogens is 606 g/mol. The molecule has 2 aliphatic rings. The van der Waals surface area contributed by atoms with Gasteiger partial charge in [-0.1, -0.05) is 41.7 Å². The van der Waals surface area contributed by atoms with E-state index >= 15 is 0 Å². The summed E-state index contributed by atoms with van der Waals surface area (Å²) in [6, 6.07) is 16.8. The second kappa shape index (κ2) is 13.5. The standard InChI is InChI=1S/C33H39N7O5S/c1-33(2,22-7-5-4-6-8-22)36-32(43)45-27-20-25-28(37-38-31(25)46-27)35-30(42)24-10-9-23(40-15-13-39(3)14-16-40)19-26(24)34-29(41)21-11-17-44-18-12-21/h4-10,19-21H,11-18H2,1-3H3,(H,34,41)(H,36,43)(H2,35,37,38,42). The van der Waals surface area contributed by atoms with Crippen LogP contribution in [0.3, 0.4) is 0 Å². The van der Waals surface area contributed by atoms with Gasteiger partial charge in [0.05, 0.1) is 22.2 Å². The van der Waals surface area contributed by atoms with Crippen LogP contribution in [0.2, 0.25) is 0 Å². The maximum atomic E-state index is 13.7. The zero-order valence-electron chi connectivity index (χ0n) is 26.2. The number of H-pyrrole nitrogens is 1. The van der Waals surface area contributed by atoms with E-state index in [4.69, 9.17) is 9.47 Å². The highest BCUT2D eigenvalue weighted by molar-refractivity contribution is 7.20. The molecule has 0 atom stereocenters. The number of rotatable bonds is 8. The van der Waals surface area contributed by atoms with E-state index in [1.165, 1.54) is 11.3 Å². The minimum atomic E-state index is -0.644. The molecule has 46 heavy (non-hydrogen) atoms. The van der Waals surface area contributed by atoms with E-state index < -0.39 is 17.5 Å². The monoisotopic (exact) mass is 645 g/mol. The number of ether oxygens (including phenoxy) is 2. The SMILES string of the molecule is CN1CCN(c2ccc(C(=O)Nc3n[nH]c4sc(OC(=O)NC(C)(C)c5ccccc5)cc34)c(NC(=O)C3CCOCC3)c2)CC1. The molecule has 6 rings (SSSR count). The normalized spacial score (nSPS) is 16.3. The average Bonchev–Trinajstić information content (AvgIpc) is 3.62. The van der Waals surface area contributed by atoms with Gasteiger partial charge >= 0.3 is 6.09 Å². The van der Waals surface area contributed by atoms with Gasteiger partial charge in [0.15, 0.2) is 10.9 Å². The summed E-state index contributed by atoms with van der Waals surface area (Å²) in [4.78, 5) is 44.9. The number of amides is 3. The van der Waals surface area contributed by atoms with E-state index in [2.05, 4.69) is 43.0 Å². The Morgan fingerprint density at radius 1 is 1.00 bits per heavy atom. The molecule has 2 aliphatic heterocycles. The molecule has 242 valence electrons. The number of benzene rings is 2. The van der Waals surface area contributed by atoms with Gasteiger partial charge in [-0.2, -0.15) is 5.10 Å². The Hall–Kier alpha value is -4.46. The second-order valence-corrected chi connectivity index (χ2v) is 13.3. The number of likely N-dealkylation sites (N-methyl/N-ethyl adjacent to an activating group) is 1. The highest BCUT2D eigenvalue weighted by atomic mass is 32.1. The molecule has 4 N–H and O–H groups in total. The van der Waals surface area contributed by atoms with E-state index in [1.807, 2.05) is 56.3 Å². The lowest BCUT2D eigenvalue weighted by molar-refractivity contribution is -0.122. The predicted molar refractivity (Wildman–Crippen MR) is 179 cm³/mol. The molecule has 2 saturated heterocycles. The summed E-state index contributed by atoms with van der Waals surface area (Å²) in [5.41, 5.74) is 2.02. The van der Waals surface area contributed by atoms with Crippen molar-refractivity contribution in [3.05, 3.63) is 65.7 Å². The summed E-state index contributed by atoms with van der Waals surface area (Å²) in [6.45, 7) is 8.45. The van der Waals surface area contributed by atoms with Gasteiger partial charge < -0.3 is 35.2 Å². The van der Waals surface area contributed by atoms with Crippen LogP contribution in [0.15, 0.2) is 54.6 Å². The number of nitrogens with zero attached hydrogens (tertiary/aromatic N) is 3. The molecule has 2 fully saturated rings. The van der Waals surface area contributed by atoms with Crippen LogP contribution < -0.4 is 25.6 Å². The molecule has 2 aromatic carbocycles. The Kier molecular flexibility index (Phi) is 9.24. The Labute approximate surface area is 271 Å². The Morgan fingerprint density at radius 3 is 2.48 bits per heavy atom. The van der Waals surface area contributed by atoms with Crippen LogP contribution in [0.1, 0.15) is 42.6 Å². The molecule has 2 aromatic heterocycles. The van der Waals surface area contributed by atoms with Crippen molar-refractivity contribution in [3.8, 4) is 5.06 Å². The van der Waals surface area contributed by atoms with Crippen LogP contribution in [-0.4, -0.2) is 79.4 Å². The Bertz CT molecular complexity index is 1710. The highest BCUT2D eigenvalue weighted by Crippen LogP contribution is 2.35. The van der Waals surface area contributed by atoms with Gasteiger partial charge in [0.2, 0.25) is 5.91 Å². The molecule has 0 saturated carbocycles. The minimum absolute atomic E-state index is 0.122. The van der Waals surface area contributed by atoms with Gasteiger partial charge in [-0.05, 0) is 57.5 Å². The highest BCUT2D eigenvalue weighted by Gasteiger charge is 2.27. The van der Waals surface area contributed by atoms with Gasteiger partial charge in [0.1, 0.15) is 4.83 Å². The number of nitrogens with one attached hydrogen (secondary N) is 4. The predicted octanol–water partition coefficient (Wildman–Crippen LogP) is 5.02. The third kappa shape index (κ3) is 7.16. The average molecular weight is 646 g/mol. The summed E-state index contributed by atoms with van der Waals surface area (Å²) in [7, 11) is 2.10. The van der Waals surface area contributed by atoms with Crippen molar-refractivity contribution in [3.63, 3.8) is 0 Å². The van der Waals surface area contributed by atoms with Crippen molar-refractivity contribution in [2.45, 2.75) is 32.2 Å². The molecule has 3 amide bonds. The van der Waals surface area contributed by atoms with Gasteiger partial charge in [-0.3, -0.25) is 14.7 Å². The zero-order valence-corrected chi connectivity index (χ0v) is 27.0. The fourth-order valence-corrected chi connectivity index (χ4v) is 6.56. The number of thiophene rings is 1. The number of hydrogen-bond donors (Lipinski definition) is 4. The smallest absolute Gasteiger partial charge is 0.399 e. The lowest BCUT2D eigenvalue weighted by atomic mass is 9.95. The zero-order chi connectivity index (χ0) is 32.3. The molecule has 0 radical (unpaired) electrons. The van der Waals surface area contributed by atoms with Crippen LogP contribution in [0.4, 0.5) is 22.0 Å². The number of carbonyl (C=O) groups excluding carboxylic acids is 3. The quantitative estimate of drug-likeness (QED) is 0.210. The molecule has 13 heteroatoms. The maximum absolute atomic E-state index is 13.7. The number of aromatic nitrogens is 2. The van der Waals surface area contributed by atoms with Crippen LogP contribution in [-0.2, 0) is 15.1 Å². The van der Waals surface area contributed by atoms with Gasteiger partial charge in [0.25, 0.3) is 5.91 Å². The van der Waals surface area contributed by atoms with Crippen LogP contribution in [0.5, 0.6) is 5.06 Å².